The zero-order valence-electron chi connectivity index (χ0n) is 12.1. The quantitative estimate of drug-likeness (QED) is 0.729. The van der Waals surface area contributed by atoms with Crippen LogP contribution in [0.15, 0.2) is 18.3 Å². The van der Waals surface area contributed by atoms with Gasteiger partial charge in [-0.1, -0.05) is 12.2 Å². The molecule has 2 amide bonds. The molecule has 7 heteroatoms. The number of aliphatic hydroxyl groups excluding tert-OH is 1. The van der Waals surface area contributed by atoms with Gasteiger partial charge in [-0.05, 0) is 20.3 Å². The van der Waals surface area contributed by atoms with Gasteiger partial charge in [0.1, 0.15) is 11.6 Å². The van der Waals surface area contributed by atoms with Crippen molar-refractivity contribution >= 4 is 11.8 Å². The molecule has 2 rings (SSSR count). The number of hydrogen-bond donors (Lipinski definition) is 3. The first kappa shape index (κ1) is 15.1. The molecule has 0 radical (unpaired) electrons. The number of urea groups is 1. The van der Waals surface area contributed by atoms with Crippen molar-refractivity contribution in [3.05, 3.63) is 23.9 Å². The molecular weight excluding hydrogens is 270 g/mol. The van der Waals surface area contributed by atoms with Gasteiger partial charge >= 0.3 is 6.03 Å². The van der Waals surface area contributed by atoms with Crippen LogP contribution in [0.25, 0.3) is 0 Å². The summed E-state index contributed by atoms with van der Waals surface area (Å²) in [6, 6.07) is 1.60. The lowest BCUT2D eigenvalue weighted by atomic mass is 10.1. The van der Waals surface area contributed by atoms with Gasteiger partial charge in [0.25, 0.3) is 0 Å². The van der Waals surface area contributed by atoms with E-state index in [2.05, 4.69) is 15.7 Å². The Hall–Kier alpha value is -2.33. The molecule has 1 heterocycles. The fourth-order valence-electron chi connectivity index (χ4n) is 2.16. The van der Waals surface area contributed by atoms with Crippen LogP contribution in [0, 0.1) is 17.2 Å². The van der Waals surface area contributed by atoms with Crippen LogP contribution in [0.3, 0.4) is 0 Å². The van der Waals surface area contributed by atoms with E-state index in [0.29, 0.717) is 12.0 Å². The Labute approximate surface area is 123 Å². The molecule has 3 N–H and O–H groups in total. The summed E-state index contributed by atoms with van der Waals surface area (Å²) in [5, 5.41) is 27.7. The molecule has 0 bridgehead atoms. The van der Waals surface area contributed by atoms with E-state index in [1.54, 1.807) is 10.9 Å². The van der Waals surface area contributed by atoms with Gasteiger partial charge < -0.3 is 10.4 Å². The number of carbonyl (C=O) groups is 1. The van der Waals surface area contributed by atoms with Gasteiger partial charge in [-0.2, -0.15) is 10.4 Å². The van der Waals surface area contributed by atoms with E-state index >= 15 is 0 Å². The summed E-state index contributed by atoms with van der Waals surface area (Å²) in [5.41, 5.74) is 0.328. The van der Waals surface area contributed by atoms with Gasteiger partial charge in [0.15, 0.2) is 5.82 Å². The lowest BCUT2D eigenvalue weighted by Crippen LogP contribution is -2.36. The van der Waals surface area contributed by atoms with Crippen LogP contribution in [-0.4, -0.2) is 33.6 Å². The second-order valence-electron chi connectivity index (χ2n) is 5.35. The van der Waals surface area contributed by atoms with Crippen molar-refractivity contribution in [3.8, 4) is 6.07 Å². The molecular formula is C14H19N5O2. The minimum atomic E-state index is -0.409. The molecule has 0 unspecified atom stereocenters. The van der Waals surface area contributed by atoms with Gasteiger partial charge in [-0.25, -0.2) is 4.79 Å². The van der Waals surface area contributed by atoms with Crippen molar-refractivity contribution in [2.75, 3.05) is 11.9 Å². The molecule has 0 spiro atoms. The number of nitrogens with zero attached hydrogens (tertiary/aromatic N) is 3. The van der Waals surface area contributed by atoms with Crippen molar-refractivity contribution in [2.45, 2.75) is 32.4 Å². The van der Waals surface area contributed by atoms with Crippen LogP contribution >= 0.6 is 0 Å². The predicted octanol–water partition coefficient (Wildman–Crippen LogP) is 1.39. The van der Waals surface area contributed by atoms with E-state index in [-0.39, 0.29) is 30.4 Å². The summed E-state index contributed by atoms with van der Waals surface area (Å²) in [4.78, 5) is 11.9. The van der Waals surface area contributed by atoms with Gasteiger partial charge in [0.05, 0.1) is 0 Å². The highest BCUT2D eigenvalue weighted by molar-refractivity contribution is 5.89. The highest BCUT2D eigenvalue weighted by Crippen LogP contribution is 2.18. The first-order chi connectivity index (χ1) is 10.0. The van der Waals surface area contributed by atoms with E-state index in [1.165, 1.54) is 0 Å². The van der Waals surface area contributed by atoms with E-state index in [0.717, 1.165) is 0 Å². The molecule has 2 atom stereocenters. The smallest absolute Gasteiger partial charge is 0.320 e. The minimum Gasteiger partial charge on any atom is -0.396 e. The number of anilines is 1. The first-order valence-corrected chi connectivity index (χ1v) is 6.89. The molecule has 1 aliphatic carbocycles. The lowest BCUT2D eigenvalue weighted by molar-refractivity contribution is 0.238. The largest absolute Gasteiger partial charge is 0.396 e. The predicted molar refractivity (Wildman–Crippen MR) is 77.6 cm³/mol. The third kappa shape index (κ3) is 3.61. The number of nitrogens with one attached hydrogen (secondary N) is 2. The van der Waals surface area contributed by atoms with Crippen molar-refractivity contribution in [1.82, 2.24) is 15.1 Å². The Morgan fingerprint density at radius 3 is 2.95 bits per heavy atom. The van der Waals surface area contributed by atoms with Gasteiger partial charge in [0.2, 0.25) is 0 Å². The molecule has 0 saturated carbocycles. The Bertz CT molecular complexity index is 585. The summed E-state index contributed by atoms with van der Waals surface area (Å²) < 4.78 is 1.63. The highest BCUT2D eigenvalue weighted by Gasteiger charge is 2.20. The Kier molecular flexibility index (Phi) is 4.60. The van der Waals surface area contributed by atoms with Gasteiger partial charge in [-0.3, -0.25) is 10.00 Å². The molecule has 1 aliphatic rings. The van der Waals surface area contributed by atoms with E-state index in [9.17, 15) is 4.79 Å². The van der Waals surface area contributed by atoms with Crippen LogP contribution in [-0.2, 0) is 0 Å². The molecule has 1 aromatic rings. The minimum absolute atomic E-state index is 0.0771. The molecule has 1 aromatic heterocycles. The Morgan fingerprint density at radius 1 is 1.62 bits per heavy atom. The molecule has 21 heavy (non-hydrogen) atoms. The zero-order chi connectivity index (χ0) is 15.4. The summed E-state index contributed by atoms with van der Waals surface area (Å²) >= 11 is 0. The number of nitriles is 1. The van der Waals surface area contributed by atoms with Crippen LogP contribution in [0.5, 0.6) is 0 Å². The average molecular weight is 289 g/mol. The maximum absolute atomic E-state index is 11.9. The number of aromatic nitrogens is 2. The maximum Gasteiger partial charge on any atom is 0.320 e. The van der Waals surface area contributed by atoms with E-state index < -0.39 is 6.03 Å². The normalized spacial score (nSPS) is 20.5. The zero-order valence-corrected chi connectivity index (χ0v) is 12.1. The van der Waals surface area contributed by atoms with Crippen LogP contribution < -0.4 is 10.6 Å². The summed E-state index contributed by atoms with van der Waals surface area (Å²) in [5.74, 6) is 0.342. The van der Waals surface area contributed by atoms with Gasteiger partial charge in [0, 0.05) is 30.8 Å². The molecule has 0 saturated heterocycles. The van der Waals surface area contributed by atoms with Crippen LogP contribution in [0.2, 0.25) is 0 Å². The van der Waals surface area contributed by atoms with Crippen molar-refractivity contribution < 1.29 is 9.90 Å². The third-order valence-corrected chi connectivity index (χ3v) is 3.34. The second kappa shape index (κ2) is 6.41. The number of amides is 2. The molecule has 7 nitrogen and oxygen atoms in total. The van der Waals surface area contributed by atoms with Gasteiger partial charge in [-0.15, -0.1) is 0 Å². The van der Waals surface area contributed by atoms with Crippen molar-refractivity contribution in [1.29, 1.82) is 5.26 Å². The fourth-order valence-corrected chi connectivity index (χ4v) is 2.16. The number of hydrogen-bond acceptors (Lipinski definition) is 4. The molecule has 0 aromatic carbocycles. The standard InChI is InChI=1S/C14H19N5O2/c1-9(2)19-7-11(6-15)13(18-19)17-14(21)16-12-4-3-10(5-12)8-20/h3-4,7,9-10,12,20H,5,8H2,1-2H3,(H2,16,17,18,21)/t10-,12+/m0/s1. The first-order valence-electron chi connectivity index (χ1n) is 6.89. The van der Waals surface area contributed by atoms with Crippen LogP contribution in [0.4, 0.5) is 10.6 Å². The monoisotopic (exact) mass is 289 g/mol. The van der Waals surface area contributed by atoms with Crippen LogP contribution in [0.1, 0.15) is 31.9 Å². The maximum atomic E-state index is 11.9. The number of aliphatic hydroxyl groups is 1. The third-order valence-electron chi connectivity index (χ3n) is 3.34. The molecule has 0 fully saturated rings. The summed E-state index contributed by atoms with van der Waals surface area (Å²) in [6.07, 6.45) is 6.03. The molecule has 0 aliphatic heterocycles. The van der Waals surface area contributed by atoms with Crippen molar-refractivity contribution in [3.63, 3.8) is 0 Å². The number of carbonyl (C=O) groups excluding carboxylic acids is 1. The van der Waals surface area contributed by atoms with E-state index in [1.807, 2.05) is 32.1 Å². The Balaban J connectivity index is 1.97. The Morgan fingerprint density at radius 2 is 2.38 bits per heavy atom. The van der Waals surface area contributed by atoms with E-state index in [4.69, 9.17) is 10.4 Å². The summed E-state index contributed by atoms with van der Waals surface area (Å²) in [6.45, 7) is 3.96. The highest BCUT2D eigenvalue weighted by atomic mass is 16.3. The SMILES string of the molecule is CC(C)n1cc(C#N)c(NC(=O)N[C@@H]2C=C[C@H](CO)C2)n1. The molecule has 112 valence electrons. The average Bonchev–Trinajstić information content (AvgIpc) is 3.05. The summed E-state index contributed by atoms with van der Waals surface area (Å²) in [7, 11) is 0. The lowest BCUT2D eigenvalue weighted by Gasteiger charge is -2.12. The second-order valence-corrected chi connectivity index (χ2v) is 5.35. The van der Waals surface area contributed by atoms with Crippen molar-refractivity contribution in [2.24, 2.45) is 5.92 Å². The number of rotatable bonds is 4. The topological polar surface area (TPSA) is 103 Å². The fraction of sp³-hybridized carbons (Fsp3) is 0.500.